The third-order valence-electron chi connectivity index (χ3n) is 4.36. The second-order valence-electron chi connectivity index (χ2n) is 6.32. The molecule has 0 radical (unpaired) electrons. The molecular formula is C19H29IN4O4. The van der Waals surface area contributed by atoms with Gasteiger partial charge in [0.2, 0.25) is 0 Å². The van der Waals surface area contributed by atoms with E-state index in [4.69, 9.17) is 15.2 Å². The fourth-order valence-corrected chi connectivity index (χ4v) is 3.00. The molecule has 156 valence electrons. The number of piperidine rings is 1. The summed E-state index contributed by atoms with van der Waals surface area (Å²) in [6.45, 7) is 4.18. The quantitative estimate of drug-likeness (QED) is 0.253. The van der Waals surface area contributed by atoms with Gasteiger partial charge < -0.3 is 25.4 Å². The van der Waals surface area contributed by atoms with E-state index in [1.165, 1.54) is 0 Å². The number of guanidine groups is 1. The number of rotatable bonds is 7. The molecule has 9 heteroatoms. The summed E-state index contributed by atoms with van der Waals surface area (Å²) in [6.07, 6.45) is 1.52. The molecule has 1 aliphatic heterocycles. The van der Waals surface area contributed by atoms with Crippen molar-refractivity contribution in [2.75, 3.05) is 33.4 Å². The van der Waals surface area contributed by atoms with Crippen LogP contribution < -0.4 is 15.8 Å². The van der Waals surface area contributed by atoms with Crippen LogP contribution in [0.2, 0.25) is 0 Å². The van der Waals surface area contributed by atoms with E-state index in [9.17, 15) is 9.59 Å². The number of carbonyl (C=O) groups is 2. The molecule has 2 rings (SSSR count). The van der Waals surface area contributed by atoms with Gasteiger partial charge in [0.25, 0.3) is 5.91 Å². The number of hydrogen-bond donors (Lipinski definition) is 2. The zero-order valence-electron chi connectivity index (χ0n) is 16.3. The third kappa shape index (κ3) is 7.53. The van der Waals surface area contributed by atoms with Crippen LogP contribution in [0.3, 0.4) is 0 Å². The number of hydrogen-bond acceptors (Lipinski definition) is 5. The average molecular weight is 504 g/mol. The molecule has 28 heavy (non-hydrogen) atoms. The van der Waals surface area contributed by atoms with Gasteiger partial charge in [-0.25, -0.2) is 0 Å². The van der Waals surface area contributed by atoms with E-state index in [1.54, 1.807) is 13.1 Å². The molecule has 8 nitrogen and oxygen atoms in total. The predicted octanol–water partition coefficient (Wildman–Crippen LogP) is 1.52. The van der Waals surface area contributed by atoms with E-state index >= 15 is 0 Å². The van der Waals surface area contributed by atoms with Crippen LogP contribution in [0.5, 0.6) is 5.75 Å². The first-order valence-electron chi connectivity index (χ1n) is 9.15. The lowest BCUT2D eigenvalue weighted by Gasteiger charge is -2.33. The Morgan fingerprint density at radius 3 is 2.64 bits per heavy atom. The molecule has 1 aliphatic rings. The van der Waals surface area contributed by atoms with Crippen molar-refractivity contribution in [3.05, 3.63) is 29.8 Å². The zero-order chi connectivity index (χ0) is 19.6. The largest absolute Gasteiger partial charge is 0.484 e. The first-order chi connectivity index (χ1) is 13.0. The number of esters is 1. The topological polar surface area (TPSA) is 106 Å². The molecule has 0 unspecified atom stereocenters. The molecular weight excluding hydrogens is 475 g/mol. The highest BCUT2D eigenvalue weighted by molar-refractivity contribution is 14.0. The van der Waals surface area contributed by atoms with Gasteiger partial charge in [0, 0.05) is 26.7 Å². The maximum absolute atomic E-state index is 11.9. The molecule has 1 amide bonds. The number of nitrogens with one attached hydrogen (secondary N) is 1. The van der Waals surface area contributed by atoms with Crippen LogP contribution in [0, 0.1) is 5.92 Å². The lowest BCUT2D eigenvalue weighted by atomic mass is 9.97. The second-order valence-corrected chi connectivity index (χ2v) is 6.32. The lowest BCUT2D eigenvalue weighted by Crippen LogP contribution is -2.46. The van der Waals surface area contributed by atoms with Gasteiger partial charge in [-0.2, -0.15) is 0 Å². The average Bonchev–Trinajstić information content (AvgIpc) is 2.68. The van der Waals surface area contributed by atoms with Crippen molar-refractivity contribution in [3.63, 3.8) is 0 Å². The van der Waals surface area contributed by atoms with Gasteiger partial charge in [0.05, 0.1) is 12.5 Å². The van der Waals surface area contributed by atoms with Gasteiger partial charge in [0.1, 0.15) is 5.75 Å². The smallest absolute Gasteiger partial charge is 0.309 e. The van der Waals surface area contributed by atoms with Gasteiger partial charge in [-0.1, -0.05) is 12.1 Å². The lowest BCUT2D eigenvalue weighted by molar-refractivity contribution is -0.149. The van der Waals surface area contributed by atoms with Gasteiger partial charge in [-0.3, -0.25) is 14.6 Å². The molecule has 0 spiro atoms. The number of primary amides is 1. The molecule has 1 aromatic rings. The van der Waals surface area contributed by atoms with Crippen LogP contribution in [0.1, 0.15) is 25.3 Å². The summed E-state index contributed by atoms with van der Waals surface area (Å²) in [5, 5.41) is 3.33. The number of ether oxygens (including phenoxy) is 2. The van der Waals surface area contributed by atoms with Crippen molar-refractivity contribution in [3.8, 4) is 5.75 Å². The minimum Gasteiger partial charge on any atom is -0.484 e. The van der Waals surface area contributed by atoms with E-state index in [-0.39, 0.29) is 42.5 Å². The van der Waals surface area contributed by atoms with Crippen LogP contribution in [0.15, 0.2) is 29.3 Å². The normalized spacial score (nSPS) is 14.8. The number of carbonyl (C=O) groups excluding carboxylic acids is 2. The summed E-state index contributed by atoms with van der Waals surface area (Å²) in [5.41, 5.74) is 6.10. The Hall–Kier alpha value is -2.04. The van der Waals surface area contributed by atoms with Gasteiger partial charge in [-0.15, -0.1) is 24.0 Å². The molecule has 3 N–H and O–H groups in total. The highest BCUT2D eigenvalue weighted by Gasteiger charge is 2.27. The van der Waals surface area contributed by atoms with E-state index in [0.29, 0.717) is 18.9 Å². The van der Waals surface area contributed by atoms with Crippen LogP contribution in [0.25, 0.3) is 0 Å². The van der Waals surface area contributed by atoms with Crippen molar-refractivity contribution < 1.29 is 19.1 Å². The molecule has 0 atom stereocenters. The minimum atomic E-state index is -0.509. The fraction of sp³-hybridized carbons (Fsp3) is 0.526. The van der Waals surface area contributed by atoms with E-state index < -0.39 is 5.91 Å². The third-order valence-corrected chi connectivity index (χ3v) is 4.36. The predicted molar refractivity (Wildman–Crippen MR) is 118 cm³/mol. The Bertz CT molecular complexity index is 676. The van der Waals surface area contributed by atoms with E-state index in [2.05, 4.69) is 15.2 Å². The number of halogens is 1. The summed E-state index contributed by atoms with van der Waals surface area (Å²) >= 11 is 0. The number of nitrogens with zero attached hydrogens (tertiary/aromatic N) is 2. The first kappa shape index (κ1) is 24.0. The highest BCUT2D eigenvalue weighted by atomic mass is 127. The molecule has 0 aromatic heterocycles. The Morgan fingerprint density at radius 1 is 1.32 bits per heavy atom. The highest BCUT2D eigenvalue weighted by Crippen LogP contribution is 2.19. The Morgan fingerprint density at radius 2 is 2.04 bits per heavy atom. The van der Waals surface area contributed by atoms with Crippen molar-refractivity contribution in [1.29, 1.82) is 0 Å². The summed E-state index contributed by atoms with van der Waals surface area (Å²) in [6, 6.07) is 7.46. The molecule has 0 bridgehead atoms. The number of aliphatic imine (C=N–C) groups is 1. The monoisotopic (exact) mass is 504 g/mol. The summed E-state index contributed by atoms with van der Waals surface area (Å²) < 4.78 is 10.4. The Kier molecular flexibility index (Phi) is 10.6. The maximum atomic E-state index is 11.9. The summed E-state index contributed by atoms with van der Waals surface area (Å²) in [7, 11) is 1.74. The van der Waals surface area contributed by atoms with Crippen molar-refractivity contribution >= 4 is 41.8 Å². The molecule has 1 aromatic carbocycles. The number of nitrogens with two attached hydrogens (primary N) is 1. The number of amides is 1. The van der Waals surface area contributed by atoms with Crippen LogP contribution in [-0.2, 0) is 20.9 Å². The molecule has 1 saturated heterocycles. The minimum absolute atomic E-state index is 0. The number of benzene rings is 1. The molecule has 1 fully saturated rings. The standard InChI is InChI=1S/C19H28N4O4.HI/c1-3-26-18(25)15-7-9-23(10-8-15)19(21-2)22-12-14-5-4-6-16(11-14)27-13-17(20)24;/h4-6,11,15H,3,7-10,12-13H2,1-2H3,(H2,20,24)(H,21,22);1H. The maximum Gasteiger partial charge on any atom is 0.309 e. The van der Waals surface area contributed by atoms with Crippen molar-refractivity contribution in [2.24, 2.45) is 16.6 Å². The molecule has 0 saturated carbocycles. The molecule has 1 heterocycles. The second kappa shape index (κ2) is 12.4. The van der Waals surface area contributed by atoms with Crippen LogP contribution in [-0.4, -0.2) is 56.1 Å². The Balaban J connectivity index is 0.00000392. The van der Waals surface area contributed by atoms with E-state index in [1.807, 2.05) is 25.1 Å². The van der Waals surface area contributed by atoms with Crippen molar-refractivity contribution in [2.45, 2.75) is 26.3 Å². The summed E-state index contributed by atoms with van der Waals surface area (Å²) in [5.74, 6) is 0.746. The fourth-order valence-electron chi connectivity index (χ4n) is 3.00. The summed E-state index contributed by atoms with van der Waals surface area (Å²) in [4.78, 5) is 29.2. The number of likely N-dealkylation sites (tertiary alicyclic amines) is 1. The van der Waals surface area contributed by atoms with Crippen molar-refractivity contribution in [1.82, 2.24) is 10.2 Å². The van der Waals surface area contributed by atoms with Crippen LogP contribution >= 0.6 is 24.0 Å². The zero-order valence-corrected chi connectivity index (χ0v) is 18.7. The van der Waals surface area contributed by atoms with Gasteiger partial charge in [0.15, 0.2) is 12.6 Å². The van der Waals surface area contributed by atoms with Gasteiger partial charge >= 0.3 is 5.97 Å². The van der Waals surface area contributed by atoms with Crippen LogP contribution in [0.4, 0.5) is 0 Å². The molecule has 0 aliphatic carbocycles. The van der Waals surface area contributed by atoms with E-state index in [0.717, 1.165) is 37.5 Å². The SMILES string of the molecule is CCOC(=O)C1CCN(C(=NC)NCc2cccc(OCC(N)=O)c2)CC1.I. The first-order valence-corrected chi connectivity index (χ1v) is 9.15. The van der Waals surface area contributed by atoms with Gasteiger partial charge in [-0.05, 0) is 37.5 Å². The Labute approximate surface area is 182 Å².